The number of nitrogens with one attached hydrogen (secondary N) is 1. The number of anilines is 1. The Morgan fingerprint density at radius 3 is 2.57 bits per heavy atom. The second-order valence-electron chi connectivity index (χ2n) is 6.98. The number of aromatic nitrogens is 1. The fourth-order valence-electron chi connectivity index (χ4n) is 3.43. The van der Waals surface area contributed by atoms with Gasteiger partial charge in [-0.05, 0) is 65.2 Å². The average Bonchev–Trinajstić information content (AvgIpc) is 2.79. The van der Waals surface area contributed by atoms with Crippen molar-refractivity contribution in [2.75, 3.05) is 11.9 Å². The lowest BCUT2D eigenvalue weighted by molar-refractivity contribution is 0.405. The molecular weight excluding hydrogens is 286 g/mol. The van der Waals surface area contributed by atoms with Crippen molar-refractivity contribution in [1.29, 1.82) is 0 Å². The van der Waals surface area contributed by atoms with Gasteiger partial charge in [-0.2, -0.15) is 0 Å². The van der Waals surface area contributed by atoms with E-state index in [9.17, 15) is 5.11 Å². The highest BCUT2D eigenvalue weighted by atomic mass is 16.3. The van der Waals surface area contributed by atoms with Crippen LogP contribution in [0.3, 0.4) is 0 Å². The maximum Gasteiger partial charge on any atom is 0.201 e. The van der Waals surface area contributed by atoms with Crippen LogP contribution in [-0.2, 0) is 0 Å². The summed E-state index contributed by atoms with van der Waals surface area (Å²) < 4.78 is 2.01. The van der Waals surface area contributed by atoms with Gasteiger partial charge in [0.1, 0.15) is 0 Å². The van der Waals surface area contributed by atoms with Crippen molar-refractivity contribution in [3.05, 3.63) is 23.8 Å². The van der Waals surface area contributed by atoms with Gasteiger partial charge in [0.25, 0.3) is 0 Å². The van der Waals surface area contributed by atoms with Crippen LogP contribution in [-0.4, -0.2) is 28.0 Å². The molecule has 1 aliphatic heterocycles. The van der Waals surface area contributed by atoms with E-state index in [1.165, 1.54) is 0 Å². The Kier molecular flexibility index (Phi) is 4.33. The molecule has 23 heavy (non-hydrogen) atoms. The molecule has 0 radical (unpaired) electrons. The van der Waals surface area contributed by atoms with E-state index >= 15 is 0 Å². The summed E-state index contributed by atoms with van der Waals surface area (Å²) in [5, 5.41) is 15.4. The molecule has 0 saturated heterocycles. The maximum absolute atomic E-state index is 10.9. The summed E-state index contributed by atoms with van der Waals surface area (Å²) >= 11 is 0. The third-order valence-corrected chi connectivity index (χ3v) is 4.36. The Morgan fingerprint density at radius 2 is 1.96 bits per heavy atom. The van der Waals surface area contributed by atoms with Crippen LogP contribution in [0.1, 0.15) is 58.6 Å². The first kappa shape index (κ1) is 15.9. The SMILES string of the molecule is CC(C)Nc1ccc2c(c1)c(C1=NCCCC1)c(O)n2C(C)C. The Morgan fingerprint density at radius 1 is 1.17 bits per heavy atom. The van der Waals surface area contributed by atoms with Crippen molar-refractivity contribution in [2.45, 2.75) is 59.0 Å². The summed E-state index contributed by atoms with van der Waals surface area (Å²) in [6.07, 6.45) is 3.25. The van der Waals surface area contributed by atoms with Crippen LogP contribution in [0, 0.1) is 0 Å². The number of fused-ring (bicyclic) bond motifs is 1. The number of hydrogen-bond donors (Lipinski definition) is 2. The first-order valence-corrected chi connectivity index (χ1v) is 8.66. The van der Waals surface area contributed by atoms with Crippen molar-refractivity contribution in [1.82, 2.24) is 4.57 Å². The molecule has 0 unspecified atom stereocenters. The summed E-state index contributed by atoms with van der Waals surface area (Å²) in [6.45, 7) is 9.34. The van der Waals surface area contributed by atoms with Crippen LogP contribution in [0.5, 0.6) is 5.88 Å². The maximum atomic E-state index is 10.9. The minimum Gasteiger partial charge on any atom is -0.494 e. The van der Waals surface area contributed by atoms with Gasteiger partial charge in [-0.3, -0.25) is 4.99 Å². The molecule has 2 aromatic rings. The number of rotatable bonds is 4. The van der Waals surface area contributed by atoms with Gasteiger partial charge >= 0.3 is 0 Å². The minimum absolute atomic E-state index is 0.208. The number of hydrogen-bond acceptors (Lipinski definition) is 3. The van der Waals surface area contributed by atoms with E-state index in [1.807, 2.05) is 4.57 Å². The van der Waals surface area contributed by atoms with Crippen LogP contribution in [0.4, 0.5) is 5.69 Å². The summed E-state index contributed by atoms with van der Waals surface area (Å²) in [7, 11) is 0. The molecule has 1 aromatic heterocycles. The van der Waals surface area contributed by atoms with Crippen LogP contribution in [0.25, 0.3) is 10.9 Å². The van der Waals surface area contributed by atoms with E-state index in [4.69, 9.17) is 4.99 Å². The number of nitrogens with zero attached hydrogens (tertiary/aromatic N) is 2. The summed E-state index contributed by atoms with van der Waals surface area (Å²) in [5.41, 5.74) is 4.15. The molecular formula is C19H27N3O. The highest BCUT2D eigenvalue weighted by molar-refractivity contribution is 6.14. The molecule has 0 spiro atoms. The van der Waals surface area contributed by atoms with Gasteiger partial charge in [0, 0.05) is 35.4 Å². The first-order chi connectivity index (χ1) is 11.0. The zero-order valence-corrected chi connectivity index (χ0v) is 14.6. The van der Waals surface area contributed by atoms with Gasteiger partial charge in [-0.15, -0.1) is 0 Å². The van der Waals surface area contributed by atoms with Gasteiger partial charge in [-0.1, -0.05) is 0 Å². The van der Waals surface area contributed by atoms with Crippen molar-refractivity contribution in [3.8, 4) is 5.88 Å². The third-order valence-electron chi connectivity index (χ3n) is 4.36. The molecule has 0 bridgehead atoms. The van der Waals surface area contributed by atoms with Crippen LogP contribution in [0.15, 0.2) is 23.2 Å². The Bertz CT molecular complexity index is 741. The van der Waals surface area contributed by atoms with Crippen LogP contribution >= 0.6 is 0 Å². The molecule has 2 heterocycles. The average molecular weight is 313 g/mol. The largest absolute Gasteiger partial charge is 0.494 e. The molecule has 1 aromatic carbocycles. The number of aliphatic imine (C=N–C) groups is 1. The highest BCUT2D eigenvalue weighted by Gasteiger charge is 2.23. The van der Waals surface area contributed by atoms with Gasteiger partial charge in [-0.25, -0.2) is 0 Å². The van der Waals surface area contributed by atoms with Crippen molar-refractivity contribution in [3.63, 3.8) is 0 Å². The number of benzene rings is 1. The molecule has 4 nitrogen and oxygen atoms in total. The predicted molar refractivity (Wildman–Crippen MR) is 98.0 cm³/mol. The fourth-order valence-corrected chi connectivity index (χ4v) is 3.43. The second kappa shape index (κ2) is 6.26. The Labute approximate surface area is 138 Å². The van der Waals surface area contributed by atoms with E-state index in [0.29, 0.717) is 11.9 Å². The monoisotopic (exact) mass is 313 g/mol. The van der Waals surface area contributed by atoms with E-state index in [1.54, 1.807) is 0 Å². The first-order valence-electron chi connectivity index (χ1n) is 8.66. The minimum atomic E-state index is 0.208. The van der Waals surface area contributed by atoms with Gasteiger partial charge < -0.3 is 15.0 Å². The van der Waals surface area contributed by atoms with Gasteiger partial charge in [0.15, 0.2) is 0 Å². The quantitative estimate of drug-likeness (QED) is 0.858. The molecule has 0 atom stereocenters. The molecule has 4 heteroatoms. The molecule has 0 saturated carbocycles. The van der Waals surface area contributed by atoms with Gasteiger partial charge in [0.05, 0.1) is 11.1 Å². The van der Waals surface area contributed by atoms with E-state index in [2.05, 4.69) is 51.2 Å². The van der Waals surface area contributed by atoms with E-state index in [0.717, 1.165) is 53.7 Å². The zero-order chi connectivity index (χ0) is 16.6. The molecule has 3 rings (SSSR count). The zero-order valence-electron chi connectivity index (χ0n) is 14.6. The lowest BCUT2D eigenvalue weighted by atomic mass is 10.0. The fraction of sp³-hybridized carbons (Fsp3) is 0.526. The highest BCUT2D eigenvalue weighted by Crippen LogP contribution is 2.37. The number of aromatic hydroxyl groups is 1. The van der Waals surface area contributed by atoms with Crippen LogP contribution in [0.2, 0.25) is 0 Å². The molecule has 2 N–H and O–H groups in total. The second-order valence-corrected chi connectivity index (χ2v) is 6.98. The lowest BCUT2D eigenvalue weighted by Gasteiger charge is -2.13. The summed E-state index contributed by atoms with van der Waals surface area (Å²) in [6, 6.07) is 6.93. The van der Waals surface area contributed by atoms with Crippen molar-refractivity contribution < 1.29 is 5.11 Å². The third kappa shape index (κ3) is 2.94. The molecule has 1 aliphatic rings. The lowest BCUT2D eigenvalue weighted by Crippen LogP contribution is -2.10. The van der Waals surface area contributed by atoms with Crippen LogP contribution < -0.4 is 5.32 Å². The topological polar surface area (TPSA) is 49.6 Å². The van der Waals surface area contributed by atoms with Crippen molar-refractivity contribution in [2.24, 2.45) is 4.99 Å². The van der Waals surface area contributed by atoms with E-state index in [-0.39, 0.29) is 6.04 Å². The van der Waals surface area contributed by atoms with E-state index < -0.39 is 0 Å². The molecule has 0 amide bonds. The van der Waals surface area contributed by atoms with Gasteiger partial charge in [0.2, 0.25) is 5.88 Å². The molecule has 0 aliphatic carbocycles. The Hall–Kier alpha value is -1.97. The van der Waals surface area contributed by atoms with Crippen molar-refractivity contribution >= 4 is 22.3 Å². The molecule has 0 fully saturated rings. The normalized spacial score (nSPS) is 15.5. The summed E-state index contributed by atoms with van der Waals surface area (Å²) in [4.78, 5) is 4.70. The molecule has 124 valence electrons. The smallest absolute Gasteiger partial charge is 0.201 e. The summed E-state index contributed by atoms with van der Waals surface area (Å²) in [5.74, 6) is 0.359. The Balaban J connectivity index is 2.22. The predicted octanol–water partition coefficient (Wildman–Crippen LogP) is 4.72. The standard InChI is InChI=1S/C19H27N3O/c1-12(2)21-14-8-9-17-15(11-14)18(16-7-5-6-10-20-16)19(23)22(17)13(3)4/h8-9,11-13,21,23H,5-7,10H2,1-4H3.